The first kappa shape index (κ1) is 9.97. The Morgan fingerprint density at radius 3 is 3.25 bits per heavy atom. The largest absolute Gasteiger partial charge is 0.497 e. The van der Waals surface area contributed by atoms with Gasteiger partial charge in [-0.2, -0.15) is 0 Å². The van der Waals surface area contributed by atoms with E-state index < -0.39 is 0 Å². The van der Waals surface area contributed by atoms with Crippen LogP contribution in [-0.2, 0) is 6.42 Å². The van der Waals surface area contributed by atoms with Crippen LogP contribution in [-0.4, -0.2) is 32.8 Å². The standard InChI is InChI=1S/C13H18N2O/c1-16-12-4-5-13-10(8-12)2-3-11-9-14-6-7-15(11)13/h4-5,8,11,14H,2-3,6-7,9H2,1H3/t11-/m1/s1. The first-order valence-corrected chi connectivity index (χ1v) is 6.03. The Kier molecular flexibility index (Phi) is 2.48. The molecule has 0 aromatic heterocycles. The number of rotatable bonds is 1. The van der Waals surface area contributed by atoms with Gasteiger partial charge in [-0.05, 0) is 36.6 Å². The van der Waals surface area contributed by atoms with E-state index in [0.717, 1.165) is 25.4 Å². The first-order valence-electron chi connectivity index (χ1n) is 6.03. The molecular weight excluding hydrogens is 200 g/mol. The predicted molar refractivity (Wildman–Crippen MR) is 65.3 cm³/mol. The highest BCUT2D eigenvalue weighted by molar-refractivity contribution is 5.59. The smallest absolute Gasteiger partial charge is 0.119 e. The summed E-state index contributed by atoms with van der Waals surface area (Å²) in [6.45, 7) is 3.36. The van der Waals surface area contributed by atoms with Gasteiger partial charge in [-0.1, -0.05) is 0 Å². The predicted octanol–water partition coefficient (Wildman–Crippen LogP) is 1.42. The number of piperazine rings is 1. The number of methoxy groups -OCH3 is 1. The molecule has 3 heteroatoms. The topological polar surface area (TPSA) is 24.5 Å². The molecule has 0 bridgehead atoms. The number of nitrogens with one attached hydrogen (secondary N) is 1. The molecule has 1 N–H and O–H groups in total. The van der Waals surface area contributed by atoms with Crippen LogP contribution < -0.4 is 15.0 Å². The zero-order valence-electron chi connectivity index (χ0n) is 9.70. The highest BCUT2D eigenvalue weighted by atomic mass is 16.5. The zero-order valence-corrected chi connectivity index (χ0v) is 9.70. The summed E-state index contributed by atoms with van der Waals surface area (Å²) in [5.74, 6) is 0.979. The van der Waals surface area contributed by atoms with Gasteiger partial charge in [-0.25, -0.2) is 0 Å². The van der Waals surface area contributed by atoms with Crippen molar-refractivity contribution >= 4 is 5.69 Å². The average Bonchev–Trinajstić information content (AvgIpc) is 2.38. The van der Waals surface area contributed by atoms with Gasteiger partial charge in [0, 0.05) is 31.4 Å². The van der Waals surface area contributed by atoms with Crippen LogP contribution in [0.25, 0.3) is 0 Å². The van der Waals surface area contributed by atoms with E-state index in [-0.39, 0.29) is 0 Å². The van der Waals surface area contributed by atoms with Crippen molar-refractivity contribution in [2.45, 2.75) is 18.9 Å². The average molecular weight is 218 g/mol. The molecular formula is C13H18N2O. The van der Waals surface area contributed by atoms with Crippen LogP contribution >= 0.6 is 0 Å². The Bertz CT molecular complexity index is 392. The highest BCUT2D eigenvalue weighted by Crippen LogP contribution is 2.33. The van der Waals surface area contributed by atoms with Crippen molar-refractivity contribution in [1.29, 1.82) is 0 Å². The lowest BCUT2D eigenvalue weighted by atomic mass is 9.94. The molecule has 2 aliphatic heterocycles. The van der Waals surface area contributed by atoms with E-state index >= 15 is 0 Å². The van der Waals surface area contributed by atoms with Gasteiger partial charge in [0.05, 0.1) is 7.11 Å². The van der Waals surface area contributed by atoms with Crippen molar-refractivity contribution < 1.29 is 4.74 Å². The third-order valence-corrected chi connectivity index (χ3v) is 3.69. The molecule has 0 radical (unpaired) electrons. The number of fused-ring (bicyclic) bond motifs is 3. The van der Waals surface area contributed by atoms with Crippen molar-refractivity contribution in [1.82, 2.24) is 5.32 Å². The SMILES string of the molecule is COc1ccc2c(c1)CC[C@@H]1CNCCN21. The Labute approximate surface area is 96.4 Å². The second kappa shape index (κ2) is 3.98. The van der Waals surface area contributed by atoms with Crippen LogP contribution in [0.4, 0.5) is 5.69 Å². The molecule has 0 saturated carbocycles. The van der Waals surface area contributed by atoms with Crippen molar-refractivity contribution in [2.24, 2.45) is 0 Å². The summed E-state index contributed by atoms with van der Waals surface area (Å²) >= 11 is 0. The number of anilines is 1. The van der Waals surface area contributed by atoms with Crippen molar-refractivity contribution in [3.8, 4) is 5.75 Å². The number of benzene rings is 1. The number of hydrogen-bond donors (Lipinski definition) is 1. The normalized spacial score (nSPS) is 23.6. The minimum absolute atomic E-state index is 0.689. The summed E-state index contributed by atoms with van der Waals surface area (Å²) in [4.78, 5) is 2.55. The molecule has 3 rings (SSSR count). The maximum atomic E-state index is 5.29. The number of nitrogens with zero attached hydrogens (tertiary/aromatic N) is 1. The Hall–Kier alpha value is -1.22. The monoisotopic (exact) mass is 218 g/mol. The van der Waals surface area contributed by atoms with Crippen molar-refractivity contribution in [2.75, 3.05) is 31.6 Å². The second-order valence-corrected chi connectivity index (χ2v) is 4.58. The molecule has 1 aromatic rings. The summed E-state index contributed by atoms with van der Waals surface area (Å²) in [5.41, 5.74) is 2.86. The van der Waals surface area contributed by atoms with E-state index in [1.165, 1.54) is 24.1 Å². The van der Waals surface area contributed by atoms with Crippen LogP contribution in [0, 0.1) is 0 Å². The molecule has 1 atom stereocenters. The molecule has 1 aromatic carbocycles. The lowest BCUT2D eigenvalue weighted by Crippen LogP contribution is -2.53. The van der Waals surface area contributed by atoms with Crippen LogP contribution in [0.3, 0.4) is 0 Å². The van der Waals surface area contributed by atoms with Gasteiger partial charge >= 0.3 is 0 Å². The minimum atomic E-state index is 0.689. The highest BCUT2D eigenvalue weighted by Gasteiger charge is 2.28. The quantitative estimate of drug-likeness (QED) is 0.771. The van der Waals surface area contributed by atoms with Gasteiger partial charge in [0.25, 0.3) is 0 Å². The molecule has 2 heterocycles. The maximum Gasteiger partial charge on any atom is 0.119 e. The minimum Gasteiger partial charge on any atom is -0.497 e. The molecule has 0 unspecified atom stereocenters. The molecule has 1 fully saturated rings. The summed E-state index contributed by atoms with van der Waals surface area (Å²) in [7, 11) is 1.73. The van der Waals surface area contributed by atoms with Gasteiger partial charge in [-0.15, -0.1) is 0 Å². The molecule has 16 heavy (non-hydrogen) atoms. The molecule has 86 valence electrons. The van der Waals surface area contributed by atoms with E-state index in [0.29, 0.717) is 6.04 Å². The van der Waals surface area contributed by atoms with E-state index in [1.807, 2.05) is 0 Å². The molecule has 1 saturated heterocycles. The van der Waals surface area contributed by atoms with Crippen LogP contribution in [0.1, 0.15) is 12.0 Å². The summed E-state index contributed by atoms with van der Waals surface area (Å²) in [6.07, 6.45) is 2.43. The lowest BCUT2D eigenvalue weighted by Gasteiger charge is -2.42. The van der Waals surface area contributed by atoms with E-state index in [2.05, 4.69) is 28.4 Å². The van der Waals surface area contributed by atoms with Crippen LogP contribution in [0.2, 0.25) is 0 Å². The van der Waals surface area contributed by atoms with Gasteiger partial charge in [0.2, 0.25) is 0 Å². The fourth-order valence-corrected chi connectivity index (χ4v) is 2.83. The Morgan fingerprint density at radius 1 is 1.44 bits per heavy atom. The fourth-order valence-electron chi connectivity index (χ4n) is 2.83. The summed E-state index contributed by atoms with van der Waals surface area (Å²) < 4.78 is 5.29. The lowest BCUT2D eigenvalue weighted by molar-refractivity contribution is 0.411. The number of hydrogen-bond acceptors (Lipinski definition) is 3. The third-order valence-electron chi connectivity index (χ3n) is 3.69. The molecule has 0 spiro atoms. The van der Waals surface area contributed by atoms with Gasteiger partial charge in [-0.3, -0.25) is 0 Å². The molecule has 3 nitrogen and oxygen atoms in total. The summed E-state index contributed by atoms with van der Waals surface area (Å²) in [5, 5.41) is 3.47. The second-order valence-electron chi connectivity index (χ2n) is 4.58. The number of aryl methyl sites for hydroxylation is 1. The zero-order chi connectivity index (χ0) is 11.0. The Morgan fingerprint density at radius 2 is 2.38 bits per heavy atom. The molecule has 2 aliphatic rings. The van der Waals surface area contributed by atoms with Gasteiger partial charge < -0.3 is 15.0 Å². The fraction of sp³-hybridized carbons (Fsp3) is 0.538. The van der Waals surface area contributed by atoms with Crippen LogP contribution in [0.15, 0.2) is 18.2 Å². The Balaban J connectivity index is 1.96. The van der Waals surface area contributed by atoms with Crippen molar-refractivity contribution in [3.05, 3.63) is 23.8 Å². The maximum absolute atomic E-state index is 5.29. The first-order chi connectivity index (χ1) is 7.88. The molecule has 0 aliphatic carbocycles. The van der Waals surface area contributed by atoms with Gasteiger partial charge in [0.15, 0.2) is 0 Å². The molecule has 0 amide bonds. The van der Waals surface area contributed by atoms with Crippen molar-refractivity contribution in [3.63, 3.8) is 0 Å². The van der Waals surface area contributed by atoms with Crippen LogP contribution in [0.5, 0.6) is 5.75 Å². The third kappa shape index (κ3) is 1.55. The van der Waals surface area contributed by atoms with E-state index in [9.17, 15) is 0 Å². The van der Waals surface area contributed by atoms with E-state index in [1.54, 1.807) is 7.11 Å². The van der Waals surface area contributed by atoms with E-state index in [4.69, 9.17) is 4.74 Å². The number of ether oxygens (including phenoxy) is 1. The summed E-state index contributed by atoms with van der Waals surface area (Å²) in [6, 6.07) is 7.16. The van der Waals surface area contributed by atoms with Gasteiger partial charge in [0.1, 0.15) is 5.75 Å².